The Morgan fingerprint density at radius 1 is 0.667 bits per heavy atom. The van der Waals surface area contributed by atoms with Crippen molar-refractivity contribution in [1.29, 1.82) is 0 Å². The Kier molecular flexibility index (Phi) is 5.12. The molecule has 1 heteroatoms. The topological polar surface area (TPSA) is 9.23 Å². The van der Waals surface area contributed by atoms with E-state index in [1.165, 1.54) is 27.8 Å². The summed E-state index contributed by atoms with van der Waals surface area (Å²) in [6, 6.07) is 29.6. The van der Waals surface area contributed by atoms with Gasteiger partial charge in [0.15, 0.2) is 0 Å². The van der Waals surface area contributed by atoms with Gasteiger partial charge in [0.25, 0.3) is 0 Å². The minimum atomic E-state index is 0.879. The third-order valence-electron chi connectivity index (χ3n) is 4.22. The van der Waals surface area contributed by atoms with Crippen LogP contribution in [0.3, 0.4) is 0 Å². The lowest BCUT2D eigenvalue weighted by Gasteiger charge is -2.16. The van der Waals surface area contributed by atoms with Crippen molar-refractivity contribution in [2.75, 3.05) is 7.11 Å². The van der Waals surface area contributed by atoms with Gasteiger partial charge in [0.2, 0.25) is 0 Å². The SMILES string of the molecule is CCC(=C(c1ccccc1)c1ccc(OC)cc1)c1ccccc1. The normalized spacial score (nSPS) is 11.8. The molecule has 0 aromatic heterocycles. The molecule has 3 aromatic carbocycles. The Morgan fingerprint density at radius 3 is 1.67 bits per heavy atom. The van der Waals surface area contributed by atoms with E-state index in [0.717, 1.165) is 12.2 Å². The number of allylic oxidation sites excluding steroid dienone is 1. The summed E-state index contributed by atoms with van der Waals surface area (Å²) in [4.78, 5) is 0. The highest BCUT2D eigenvalue weighted by molar-refractivity contribution is 5.98. The summed E-state index contributed by atoms with van der Waals surface area (Å²) in [5.41, 5.74) is 6.36. The number of hydrogen-bond acceptors (Lipinski definition) is 1. The van der Waals surface area contributed by atoms with E-state index in [-0.39, 0.29) is 0 Å². The first-order valence-corrected chi connectivity index (χ1v) is 8.32. The minimum Gasteiger partial charge on any atom is -0.497 e. The molecule has 120 valence electrons. The summed E-state index contributed by atoms with van der Waals surface area (Å²) in [6.07, 6.45) is 0.972. The first kappa shape index (κ1) is 16.1. The molecule has 0 spiro atoms. The van der Waals surface area contributed by atoms with E-state index in [2.05, 4.69) is 79.7 Å². The third-order valence-corrected chi connectivity index (χ3v) is 4.22. The fraction of sp³-hybridized carbons (Fsp3) is 0.130. The summed E-state index contributed by atoms with van der Waals surface area (Å²) in [5.74, 6) is 0.879. The maximum atomic E-state index is 5.31. The van der Waals surface area contributed by atoms with Crippen LogP contribution in [0, 0.1) is 0 Å². The van der Waals surface area contributed by atoms with Crippen molar-refractivity contribution in [3.05, 3.63) is 102 Å². The van der Waals surface area contributed by atoms with Crippen molar-refractivity contribution in [2.45, 2.75) is 13.3 Å². The average Bonchev–Trinajstić information content (AvgIpc) is 2.67. The number of ether oxygens (including phenoxy) is 1. The fourth-order valence-corrected chi connectivity index (χ4v) is 3.04. The van der Waals surface area contributed by atoms with Gasteiger partial charge in [-0.1, -0.05) is 79.7 Å². The van der Waals surface area contributed by atoms with E-state index in [4.69, 9.17) is 4.74 Å². The maximum absolute atomic E-state index is 5.31. The van der Waals surface area contributed by atoms with Gasteiger partial charge in [0.1, 0.15) is 5.75 Å². The number of benzene rings is 3. The quantitative estimate of drug-likeness (QED) is 0.520. The molecule has 0 heterocycles. The van der Waals surface area contributed by atoms with E-state index >= 15 is 0 Å². The van der Waals surface area contributed by atoms with Gasteiger partial charge >= 0.3 is 0 Å². The van der Waals surface area contributed by atoms with Gasteiger partial charge in [0.05, 0.1) is 7.11 Å². The number of rotatable bonds is 5. The van der Waals surface area contributed by atoms with Crippen LogP contribution in [0.25, 0.3) is 11.1 Å². The van der Waals surface area contributed by atoms with Crippen LogP contribution in [-0.4, -0.2) is 7.11 Å². The van der Waals surface area contributed by atoms with E-state index in [1.807, 2.05) is 12.1 Å². The molecule has 24 heavy (non-hydrogen) atoms. The van der Waals surface area contributed by atoms with Crippen LogP contribution in [0.4, 0.5) is 0 Å². The molecule has 0 fully saturated rings. The van der Waals surface area contributed by atoms with Crippen LogP contribution in [0.1, 0.15) is 30.0 Å². The minimum absolute atomic E-state index is 0.879. The molecule has 0 saturated heterocycles. The monoisotopic (exact) mass is 314 g/mol. The third kappa shape index (κ3) is 3.41. The van der Waals surface area contributed by atoms with Gasteiger partial charge in [-0.25, -0.2) is 0 Å². The zero-order valence-electron chi connectivity index (χ0n) is 14.2. The largest absolute Gasteiger partial charge is 0.497 e. The molecule has 0 amide bonds. The van der Waals surface area contributed by atoms with E-state index in [1.54, 1.807) is 7.11 Å². The Morgan fingerprint density at radius 2 is 1.17 bits per heavy atom. The standard InChI is InChI=1S/C23H22O/c1-3-22(18-10-6-4-7-11-18)23(19-12-8-5-9-13-19)20-14-16-21(24-2)17-15-20/h4-17H,3H2,1-2H3. The van der Waals surface area contributed by atoms with Crippen LogP contribution in [0.5, 0.6) is 5.75 Å². The lowest BCUT2D eigenvalue weighted by Crippen LogP contribution is -1.95. The summed E-state index contributed by atoms with van der Waals surface area (Å²) < 4.78 is 5.31. The lowest BCUT2D eigenvalue weighted by molar-refractivity contribution is 0.415. The van der Waals surface area contributed by atoms with Gasteiger partial charge in [-0.15, -0.1) is 0 Å². The van der Waals surface area contributed by atoms with E-state index in [9.17, 15) is 0 Å². The Labute approximate surface area is 144 Å². The van der Waals surface area contributed by atoms with Gasteiger partial charge in [-0.3, -0.25) is 0 Å². The van der Waals surface area contributed by atoms with Gasteiger partial charge in [0, 0.05) is 0 Å². The zero-order chi connectivity index (χ0) is 16.8. The van der Waals surface area contributed by atoms with Crippen LogP contribution in [0.15, 0.2) is 84.9 Å². The Bertz CT molecular complexity index is 800. The molecule has 0 N–H and O–H groups in total. The van der Waals surface area contributed by atoms with E-state index < -0.39 is 0 Å². The summed E-state index contributed by atoms with van der Waals surface area (Å²) in [6.45, 7) is 2.22. The molecule has 0 radical (unpaired) electrons. The second-order valence-electron chi connectivity index (χ2n) is 5.67. The molecule has 3 aromatic rings. The molecule has 0 unspecified atom stereocenters. The molecule has 0 aliphatic carbocycles. The van der Waals surface area contributed by atoms with Crippen molar-refractivity contribution in [2.24, 2.45) is 0 Å². The van der Waals surface area contributed by atoms with Gasteiger partial charge < -0.3 is 4.74 Å². The van der Waals surface area contributed by atoms with Gasteiger partial charge in [-0.05, 0) is 46.4 Å². The molecular weight excluding hydrogens is 292 g/mol. The van der Waals surface area contributed by atoms with Crippen LogP contribution in [0.2, 0.25) is 0 Å². The predicted molar refractivity (Wildman–Crippen MR) is 102 cm³/mol. The predicted octanol–water partition coefficient (Wildman–Crippen LogP) is 6.06. The highest BCUT2D eigenvalue weighted by atomic mass is 16.5. The molecule has 3 rings (SSSR count). The second-order valence-corrected chi connectivity index (χ2v) is 5.67. The molecule has 1 nitrogen and oxygen atoms in total. The molecule has 0 aliphatic heterocycles. The van der Waals surface area contributed by atoms with Crippen LogP contribution >= 0.6 is 0 Å². The summed E-state index contributed by atoms with van der Waals surface area (Å²) in [7, 11) is 1.70. The van der Waals surface area contributed by atoms with Crippen molar-refractivity contribution >= 4 is 11.1 Å². The summed E-state index contributed by atoms with van der Waals surface area (Å²) in [5, 5.41) is 0. The smallest absolute Gasteiger partial charge is 0.118 e. The summed E-state index contributed by atoms with van der Waals surface area (Å²) >= 11 is 0. The number of methoxy groups -OCH3 is 1. The highest BCUT2D eigenvalue weighted by Gasteiger charge is 2.12. The highest BCUT2D eigenvalue weighted by Crippen LogP contribution is 2.34. The van der Waals surface area contributed by atoms with Gasteiger partial charge in [-0.2, -0.15) is 0 Å². The molecule has 0 aliphatic rings. The first-order valence-electron chi connectivity index (χ1n) is 8.32. The Hall–Kier alpha value is -2.80. The molecule has 0 atom stereocenters. The first-order chi connectivity index (χ1) is 11.8. The van der Waals surface area contributed by atoms with E-state index in [0.29, 0.717) is 0 Å². The molecular formula is C23H22O. The zero-order valence-corrected chi connectivity index (χ0v) is 14.2. The number of hydrogen-bond donors (Lipinski definition) is 0. The average molecular weight is 314 g/mol. The van der Waals surface area contributed by atoms with Crippen molar-refractivity contribution in [3.8, 4) is 5.75 Å². The molecule has 0 saturated carbocycles. The lowest BCUT2D eigenvalue weighted by atomic mass is 9.88. The maximum Gasteiger partial charge on any atom is 0.118 e. The fourth-order valence-electron chi connectivity index (χ4n) is 3.04. The van der Waals surface area contributed by atoms with Crippen molar-refractivity contribution in [3.63, 3.8) is 0 Å². The van der Waals surface area contributed by atoms with Crippen LogP contribution < -0.4 is 4.74 Å². The second kappa shape index (κ2) is 7.65. The van der Waals surface area contributed by atoms with Crippen molar-refractivity contribution in [1.82, 2.24) is 0 Å². The Balaban J connectivity index is 2.23. The van der Waals surface area contributed by atoms with Crippen molar-refractivity contribution < 1.29 is 4.74 Å². The molecule has 0 bridgehead atoms. The van der Waals surface area contributed by atoms with Crippen LogP contribution in [-0.2, 0) is 0 Å².